The van der Waals surface area contributed by atoms with Gasteiger partial charge in [-0.25, -0.2) is 4.99 Å². The van der Waals surface area contributed by atoms with Crippen molar-refractivity contribution in [2.45, 2.75) is 0 Å². The second kappa shape index (κ2) is 7.25. The van der Waals surface area contributed by atoms with Gasteiger partial charge in [0.05, 0.1) is 5.02 Å². The molecule has 0 saturated carbocycles. The topological polar surface area (TPSA) is 42.6 Å². The molecule has 0 saturated heterocycles. The van der Waals surface area contributed by atoms with Gasteiger partial charge in [-0.3, -0.25) is 4.79 Å². The van der Waals surface area contributed by atoms with Crippen LogP contribution in [-0.2, 0) is 4.79 Å². The summed E-state index contributed by atoms with van der Waals surface area (Å²) in [6.45, 7) is 3.66. The van der Waals surface area contributed by atoms with Crippen LogP contribution in [0.2, 0.25) is 5.02 Å². The molecule has 1 aromatic carbocycles. The molecule has 3 rings (SSSR count). The number of halogens is 1. The summed E-state index contributed by atoms with van der Waals surface area (Å²) >= 11 is 8.79. The molecular formula is C17H12ClNO2S2. The van der Waals surface area contributed by atoms with Crippen molar-refractivity contribution in [2.24, 2.45) is 4.99 Å². The van der Waals surface area contributed by atoms with E-state index in [1.54, 1.807) is 18.2 Å². The normalized spacial score (nSPS) is 16.0. The molecule has 0 spiro atoms. The third kappa shape index (κ3) is 3.80. The SMILES string of the molecule is C=CCSC1=NC(=Cc2ccc(-c3ccccc3Cl)o2)C(=O)S1. The number of hydrogen-bond acceptors (Lipinski definition) is 5. The van der Waals surface area contributed by atoms with Crippen molar-refractivity contribution in [3.05, 3.63) is 65.5 Å². The molecule has 2 aromatic rings. The molecule has 2 heterocycles. The van der Waals surface area contributed by atoms with Crippen LogP contribution < -0.4 is 0 Å². The zero-order valence-corrected chi connectivity index (χ0v) is 14.4. The van der Waals surface area contributed by atoms with Gasteiger partial charge in [-0.05, 0) is 36.0 Å². The Kier molecular flexibility index (Phi) is 5.10. The van der Waals surface area contributed by atoms with E-state index in [2.05, 4.69) is 11.6 Å². The Balaban J connectivity index is 1.84. The van der Waals surface area contributed by atoms with Gasteiger partial charge in [0.2, 0.25) is 5.12 Å². The predicted octanol–water partition coefficient (Wildman–Crippen LogP) is 5.49. The number of carbonyl (C=O) groups excluding carboxylic acids is 1. The van der Waals surface area contributed by atoms with E-state index in [9.17, 15) is 4.79 Å². The number of benzene rings is 1. The Morgan fingerprint density at radius 1 is 1.30 bits per heavy atom. The van der Waals surface area contributed by atoms with Crippen LogP contribution >= 0.6 is 35.1 Å². The summed E-state index contributed by atoms with van der Waals surface area (Å²) in [5, 5.41) is 0.543. The molecule has 3 nitrogen and oxygen atoms in total. The first-order valence-corrected chi connectivity index (χ1v) is 8.96. The fourth-order valence-corrected chi connectivity index (χ4v) is 3.78. The van der Waals surface area contributed by atoms with Crippen LogP contribution in [0.3, 0.4) is 0 Å². The van der Waals surface area contributed by atoms with Crippen molar-refractivity contribution < 1.29 is 9.21 Å². The molecule has 0 bridgehead atoms. The summed E-state index contributed by atoms with van der Waals surface area (Å²) < 4.78 is 6.50. The number of furan rings is 1. The Morgan fingerprint density at radius 2 is 2.13 bits per heavy atom. The summed E-state index contributed by atoms with van der Waals surface area (Å²) in [6.07, 6.45) is 3.43. The highest BCUT2D eigenvalue weighted by Gasteiger charge is 2.22. The molecule has 0 fully saturated rings. The lowest BCUT2D eigenvalue weighted by molar-refractivity contribution is -0.107. The van der Waals surface area contributed by atoms with Crippen LogP contribution in [0.5, 0.6) is 0 Å². The molecule has 23 heavy (non-hydrogen) atoms. The van der Waals surface area contributed by atoms with Crippen LogP contribution in [0.1, 0.15) is 5.76 Å². The van der Waals surface area contributed by atoms with E-state index in [4.69, 9.17) is 16.0 Å². The minimum absolute atomic E-state index is 0.0766. The number of rotatable bonds is 4. The zero-order chi connectivity index (χ0) is 16.2. The second-order valence-corrected chi connectivity index (χ2v) is 7.21. The van der Waals surface area contributed by atoms with Crippen LogP contribution in [0, 0.1) is 0 Å². The van der Waals surface area contributed by atoms with E-state index in [1.165, 1.54) is 11.8 Å². The lowest BCUT2D eigenvalue weighted by Gasteiger charge is -1.99. The first-order chi connectivity index (χ1) is 11.2. The average Bonchev–Trinajstić information content (AvgIpc) is 3.13. The van der Waals surface area contributed by atoms with Crippen molar-refractivity contribution in [1.29, 1.82) is 0 Å². The minimum atomic E-state index is -0.0766. The van der Waals surface area contributed by atoms with Crippen LogP contribution in [0.25, 0.3) is 17.4 Å². The van der Waals surface area contributed by atoms with Crippen LogP contribution in [0.15, 0.2) is 64.2 Å². The maximum absolute atomic E-state index is 12.0. The maximum atomic E-state index is 12.0. The smallest absolute Gasteiger partial charge is 0.244 e. The highest BCUT2D eigenvalue weighted by Crippen LogP contribution is 2.33. The van der Waals surface area contributed by atoms with E-state index in [1.807, 2.05) is 30.3 Å². The van der Waals surface area contributed by atoms with Gasteiger partial charge < -0.3 is 4.42 Å². The van der Waals surface area contributed by atoms with E-state index in [0.29, 0.717) is 22.2 Å². The van der Waals surface area contributed by atoms with Gasteiger partial charge in [0.1, 0.15) is 21.6 Å². The number of nitrogens with zero attached hydrogens (tertiary/aromatic N) is 1. The summed E-state index contributed by atoms with van der Waals surface area (Å²) in [7, 11) is 0. The fourth-order valence-electron chi connectivity index (χ4n) is 1.95. The van der Waals surface area contributed by atoms with Crippen molar-refractivity contribution in [3.63, 3.8) is 0 Å². The van der Waals surface area contributed by atoms with Gasteiger partial charge in [-0.15, -0.1) is 6.58 Å². The van der Waals surface area contributed by atoms with Gasteiger partial charge in [-0.1, -0.05) is 41.6 Å². The average molecular weight is 362 g/mol. The van der Waals surface area contributed by atoms with Crippen LogP contribution in [0.4, 0.5) is 0 Å². The molecule has 0 atom stereocenters. The monoisotopic (exact) mass is 361 g/mol. The maximum Gasteiger partial charge on any atom is 0.244 e. The molecule has 1 aliphatic heterocycles. The summed E-state index contributed by atoms with van der Waals surface area (Å²) in [4.78, 5) is 16.3. The fraction of sp³-hybridized carbons (Fsp3) is 0.0588. The Morgan fingerprint density at radius 3 is 2.91 bits per heavy atom. The number of aliphatic imine (C=N–C) groups is 1. The van der Waals surface area contributed by atoms with Gasteiger partial charge in [0.25, 0.3) is 0 Å². The minimum Gasteiger partial charge on any atom is -0.457 e. The predicted molar refractivity (Wildman–Crippen MR) is 99.8 cm³/mol. The standard InChI is InChI=1S/C17H12ClNO2S2/c1-2-9-22-17-19-14(16(20)23-17)10-11-7-8-15(21-11)12-5-3-4-6-13(12)18/h2-8,10H,1,9H2. The number of carbonyl (C=O) groups is 1. The van der Waals surface area contributed by atoms with Gasteiger partial charge in [-0.2, -0.15) is 0 Å². The molecule has 1 aliphatic rings. The van der Waals surface area contributed by atoms with E-state index >= 15 is 0 Å². The lowest BCUT2D eigenvalue weighted by Crippen LogP contribution is -1.87. The van der Waals surface area contributed by atoms with E-state index in [-0.39, 0.29) is 5.12 Å². The van der Waals surface area contributed by atoms with Gasteiger partial charge >= 0.3 is 0 Å². The quantitative estimate of drug-likeness (QED) is 0.533. The Hall–Kier alpha value is -1.69. The van der Waals surface area contributed by atoms with Gasteiger partial charge in [0.15, 0.2) is 0 Å². The summed E-state index contributed by atoms with van der Waals surface area (Å²) in [5.74, 6) is 1.96. The molecule has 0 amide bonds. The van der Waals surface area contributed by atoms with Crippen molar-refractivity contribution >= 4 is 50.7 Å². The first-order valence-electron chi connectivity index (χ1n) is 6.78. The van der Waals surface area contributed by atoms with Crippen molar-refractivity contribution in [1.82, 2.24) is 0 Å². The molecule has 0 unspecified atom stereocenters. The van der Waals surface area contributed by atoms with Crippen LogP contribution in [-0.4, -0.2) is 15.2 Å². The zero-order valence-electron chi connectivity index (χ0n) is 12.0. The second-order valence-electron chi connectivity index (χ2n) is 4.58. The first kappa shape index (κ1) is 16.2. The Bertz CT molecular complexity index is 824. The third-order valence-corrected chi connectivity index (χ3v) is 5.30. The highest BCUT2D eigenvalue weighted by molar-refractivity contribution is 8.45. The van der Waals surface area contributed by atoms with Crippen molar-refractivity contribution in [2.75, 3.05) is 5.75 Å². The van der Waals surface area contributed by atoms with Crippen molar-refractivity contribution in [3.8, 4) is 11.3 Å². The number of thioether (sulfide) groups is 2. The lowest BCUT2D eigenvalue weighted by atomic mass is 10.2. The third-order valence-electron chi connectivity index (χ3n) is 2.97. The molecular weight excluding hydrogens is 350 g/mol. The largest absolute Gasteiger partial charge is 0.457 e. The molecule has 0 N–H and O–H groups in total. The van der Waals surface area contributed by atoms with E-state index < -0.39 is 0 Å². The molecule has 0 radical (unpaired) electrons. The summed E-state index contributed by atoms with van der Waals surface area (Å²) in [6, 6.07) is 11.1. The number of hydrogen-bond donors (Lipinski definition) is 0. The molecule has 0 aliphatic carbocycles. The molecule has 116 valence electrons. The molecule has 1 aromatic heterocycles. The summed E-state index contributed by atoms with van der Waals surface area (Å²) in [5.41, 5.74) is 1.21. The van der Waals surface area contributed by atoms with E-state index in [0.717, 1.165) is 27.5 Å². The van der Waals surface area contributed by atoms with Gasteiger partial charge in [0, 0.05) is 17.4 Å². The Labute approximate surface area is 147 Å². The molecule has 6 heteroatoms. The highest BCUT2D eigenvalue weighted by atomic mass is 35.5.